The van der Waals surface area contributed by atoms with Gasteiger partial charge < -0.3 is 0 Å². The molecule has 8 nitrogen and oxygen atoms in total. The molecule has 0 rings (SSSR count). The zero-order valence-electron chi connectivity index (χ0n) is 30.5. The first kappa shape index (κ1) is 46.4. The van der Waals surface area contributed by atoms with Gasteiger partial charge in [0.15, 0.2) is 0 Å². The van der Waals surface area contributed by atoms with Gasteiger partial charge in [-0.25, -0.2) is 0 Å². The Labute approximate surface area is 303 Å². The SMILES string of the molecule is CCCCOC(=O)C[CH2][Sn]([CH2]CC(=O)OCCCC)([O]C(=O)C(CS)CC(CC)CCCC)[O]C(=O)C(CS)CC(CC)CCCC. The Hall–Kier alpha value is -0.621. The van der Waals surface area contributed by atoms with Crippen molar-refractivity contribution in [2.24, 2.45) is 23.7 Å². The number of hydrogen-bond donors (Lipinski definition) is 2. The summed E-state index contributed by atoms with van der Waals surface area (Å²) in [5.41, 5.74) is 0. The summed E-state index contributed by atoms with van der Waals surface area (Å²) >= 11 is 4.18. The van der Waals surface area contributed by atoms with Crippen molar-refractivity contribution in [2.75, 3.05) is 24.7 Å². The fourth-order valence-electron chi connectivity index (χ4n) is 5.53. The minimum absolute atomic E-state index is 0.0511. The molecule has 276 valence electrons. The Morgan fingerprint density at radius 1 is 0.574 bits per heavy atom. The normalized spacial score (nSPS) is 14.1. The molecule has 0 spiro atoms. The third-order valence-corrected chi connectivity index (χ3v) is 18.9. The summed E-state index contributed by atoms with van der Waals surface area (Å²) in [4.78, 5) is 53.5. The van der Waals surface area contributed by atoms with Gasteiger partial charge in [0.05, 0.1) is 0 Å². The van der Waals surface area contributed by atoms with Crippen molar-refractivity contribution < 1.29 is 34.8 Å². The van der Waals surface area contributed by atoms with Crippen LogP contribution < -0.4 is 0 Å². The van der Waals surface area contributed by atoms with Crippen molar-refractivity contribution in [3.8, 4) is 0 Å². The molecule has 4 unspecified atom stereocenters. The molecule has 0 radical (unpaired) electrons. The molecule has 0 saturated heterocycles. The zero-order valence-corrected chi connectivity index (χ0v) is 35.2. The second-order valence-electron chi connectivity index (χ2n) is 13.0. The summed E-state index contributed by atoms with van der Waals surface area (Å²) in [6.45, 7) is 13.2. The topological polar surface area (TPSA) is 105 Å². The van der Waals surface area contributed by atoms with Crippen molar-refractivity contribution in [1.82, 2.24) is 0 Å². The van der Waals surface area contributed by atoms with E-state index < -0.39 is 54.9 Å². The van der Waals surface area contributed by atoms with Crippen molar-refractivity contribution >= 4 is 68.3 Å². The number of carbonyl (C=O) groups excluding carboxylic acids is 4. The molecule has 0 heterocycles. The van der Waals surface area contributed by atoms with Crippen LogP contribution in [0.3, 0.4) is 0 Å². The van der Waals surface area contributed by atoms with Crippen LogP contribution in [0.1, 0.15) is 144 Å². The summed E-state index contributed by atoms with van der Waals surface area (Å²) in [6, 6.07) is 0. The molecular weight excluding hydrogens is 743 g/mol. The van der Waals surface area contributed by atoms with Crippen LogP contribution in [0.4, 0.5) is 0 Å². The van der Waals surface area contributed by atoms with E-state index in [0.29, 0.717) is 49.4 Å². The van der Waals surface area contributed by atoms with Gasteiger partial charge in [0.25, 0.3) is 0 Å². The van der Waals surface area contributed by atoms with E-state index in [9.17, 15) is 19.2 Å². The van der Waals surface area contributed by atoms with Crippen LogP contribution >= 0.6 is 25.3 Å². The number of carbonyl (C=O) groups is 4. The van der Waals surface area contributed by atoms with Crippen LogP contribution in [-0.4, -0.2) is 67.8 Å². The second-order valence-corrected chi connectivity index (χ2v) is 22.9. The van der Waals surface area contributed by atoms with Gasteiger partial charge >= 0.3 is 305 Å². The van der Waals surface area contributed by atoms with E-state index in [1.165, 1.54) is 0 Å². The first-order chi connectivity index (χ1) is 22.6. The van der Waals surface area contributed by atoms with Gasteiger partial charge in [-0.2, -0.15) is 0 Å². The van der Waals surface area contributed by atoms with Gasteiger partial charge in [0.2, 0.25) is 0 Å². The summed E-state index contributed by atoms with van der Waals surface area (Å²) in [5, 5.41) is 0. The zero-order chi connectivity index (χ0) is 35.5. The van der Waals surface area contributed by atoms with E-state index >= 15 is 0 Å². The van der Waals surface area contributed by atoms with Crippen LogP contribution in [0.2, 0.25) is 8.87 Å². The number of ether oxygens (including phenoxy) is 2. The molecule has 0 N–H and O–H groups in total. The van der Waals surface area contributed by atoms with E-state index in [2.05, 4.69) is 53.0 Å². The number of rotatable bonds is 30. The molecule has 0 saturated carbocycles. The monoisotopic (exact) mass is 812 g/mol. The van der Waals surface area contributed by atoms with Crippen LogP contribution in [0, 0.1) is 23.7 Å². The molecule has 0 aromatic rings. The van der Waals surface area contributed by atoms with Crippen LogP contribution in [0.25, 0.3) is 0 Å². The molecule has 0 aromatic heterocycles. The van der Waals surface area contributed by atoms with Gasteiger partial charge in [-0.15, -0.1) is 0 Å². The minimum atomic E-state index is -4.86. The predicted molar refractivity (Wildman–Crippen MR) is 199 cm³/mol. The average molecular weight is 812 g/mol. The van der Waals surface area contributed by atoms with E-state index in [4.69, 9.17) is 15.6 Å². The summed E-state index contributed by atoms with van der Waals surface area (Å²) in [6.07, 6.45) is 12.6. The Morgan fingerprint density at radius 2 is 0.936 bits per heavy atom. The van der Waals surface area contributed by atoms with Gasteiger partial charge in [-0.05, 0) is 0 Å². The maximum atomic E-state index is 13.9. The van der Waals surface area contributed by atoms with Crippen molar-refractivity contribution in [3.05, 3.63) is 0 Å². The molecule has 47 heavy (non-hydrogen) atoms. The third kappa shape index (κ3) is 21.3. The molecular formula is C36H68O8S2Sn. The standard InChI is InChI=1S/2C11H22O2S.2C7H13O2.Sn/c2*1-3-5-6-9(4-2)7-10(8-14)11(12)13;2*1-3-5-6-9-7(8)4-2;/h2*9-10,14H,3-8H2,1-2H3,(H,12,13);2*2-6H2,1H3;/q;;;;+2/p-2. The van der Waals surface area contributed by atoms with Gasteiger partial charge in [-0.1, -0.05) is 0 Å². The Kier molecular flexibility index (Phi) is 28.8. The molecule has 0 aliphatic heterocycles. The molecule has 0 aliphatic carbocycles. The number of esters is 2. The summed E-state index contributed by atoms with van der Waals surface area (Å²) in [7, 11) is 0. The summed E-state index contributed by atoms with van der Waals surface area (Å²) < 4.78 is 23.8. The fraction of sp³-hybridized carbons (Fsp3) is 0.889. The van der Waals surface area contributed by atoms with Gasteiger partial charge in [0.1, 0.15) is 0 Å². The first-order valence-corrected chi connectivity index (χ1v) is 26.2. The van der Waals surface area contributed by atoms with Crippen LogP contribution in [-0.2, 0) is 34.8 Å². The van der Waals surface area contributed by atoms with E-state index in [-0.39, 0.29) is 21.7 Å². The second kappa shape index (κ2) is 29.1. The van der Waals surface area contributed by atoms with E-state index in [0.717, 1.165) is 77.0 Å². The van der Waals surface area contributed by atoms with Crippen molar-refractivity contribution in [1.29, 1.82) is 0 Å². The number of thiol groups is 2. The Morgan fingerprint density at radius 3 is 1.23 bits per heavy atom. The van der Waals surface area contributed by atoms with E-state index in [1.54, 1.807) is 0 Å². The number of unbranched alkanes of at least 4 members (excludes halogenated alkanes) is 4. The molecule has 0 fully saturated rings. The molecule has 11 heteroatoms. The Balaban J connectivity index is 6.45. The molecule has 4 atom stereocenters. The summed E-state index contributed by atoms with van der Waals surface area (Å²) in [5.74, 6) is -1.44. The number of hydrogen-bond acceptors (Lipinski definition) is 10. The third-order valence-electron chi connectivity index (χ3n) is 8.94. The van der Waals surface area contributed by atoms with Crippen molar-refractivity contribution in [3.63, 3.8) is 0 Å². The maximum absolute atomic E-state index is 13.9. The predicted octanol–water partition coefficient (Wildman–Crippen LogP) is 9.29. The fourth-order valence-corrected chi connectivity index (χ4v) is 14.5. The first-order valence-electron chi connectivity index (χ1n) is 18.6. The van der Waals surface area contributed by atoms with Crippen LogP contribution in [0.15, 0.2) is 0 Å². The van der Waals surface area contributed by atoms with Gasteiger partial charge in [-0.3, -0.25) is 0 Å². The molecule has 0 amide bonds. The molecule has 0 aliphatic rings. The molecule has 0 bridgehead atoms. The Bertz CT molecular complexity index is 791. The van der Waals surface area contributed by atoms with E-state index in [1.807, 2.05) is 13.8 Å². The van der Waals surface area contributed by atoms with Crippen molar-refractivity contribution in [2.45, 2.75) is 153 Å². The average Bonchev–Trinajstić information content (AvgIpc) is 3.06. The van der Waals surface area contributed by atoms with Crippen LogP contribution in [0.5, 0.6) is 0 Å². The quantitative estimate of drug-likeness (QED) is 0.0320. The molecule has 0 aromatic carbocycles. The van der Waals surface area contributed by atoms with Gasteiger partial charge in [0, 0.05) is 0 Å².